The summed E-state index contributed by atoms with van der Waals surface area (Å²) < 4.78 is 12.5. The average Bonchev–Trinajstić information content (AvgIpc) is 3.26. The van der Waals surface area contributed by atoms with Crippen LogP contribution in [0.3, 0.4) is 0 Å². The van der Waals surface area contributed by atoms with Crippen LogP contribution in [0, 0.1) is 11.3 Å². The zero-order chi connectivity index (χ0) is 22.0. The van der Waals surface area contributed by atoms with E-state index in [1.54, 1.807) is 18.2 Å². The first-order valence-corrected chi connectivity index (χ1v) is 9.35. The van der Waals surface area contributed by atoms with E-state index in [2.05, 4.69) is 9.97 Å². The molecule has 0 fully saturated rings. The van der Waals surface area contributed by atoms with Crippen molar-refractivity contribution < 1.29 is 19.1 Å². The van der Waals surface area contributed by atoms with E-state index in [-0.39, 0.29) is 41.3 Å². The number of benzene rings is 1. The summed E-state index contributed by atoms with van der Waals surface area (Å²) in [5.74, 6) is -0.695. The van der Waals surface area contributed by atoms with Gasteiger partial charge in [-0.2, -0.15) is 5.26 Å². The quantitative estimate of drug-likeness (QED) is 0.486. The van der Waals surface area contributed by atoms with E-state index in [1.165, 1.54) is 35.3 Å². The molecule has 1 aromatic carbocycles. The first kappa shape index (κ1) is 20.1. The van der Waals surface area contributed by atoms with Gasteiger partial charge in [-0.1, -0.05) is 11.6 Å². The molecule has 4 rings (SSSR count). The van der Waals surface area contributed by atoms with Crippen LogP contribution in [0.15, 0.2) is 58.1 Å². The number of carbonyl (C=O) groups is 1. The van der Waals surface area contributed by atoms with E-state index >= 15 is 0 Å². The largest absolute Gasteiger partial charge is 0.491 e. The summed E-state index contributed by atoms with van der Waals surface area (Å²) in [5.41, 5.74) is 0.688. The third-order valence-electron chi connectivity index (χ3n) is 4.44. The molecule has 4 aromatic rings. The number of hydrogen-bond donors (Lipinski definition) is 1. The number of nitrogens with zero attached hydrogens (tertiary/aromatic N) is 4. The van der Waals surface area contributed by atoms with Gasteiger partial charge in [-0.15, -0.1) is 0 Å². The second-order valence-electron chi connectivity index (χ2n) is 6.40. The first-order valence-electron chi connectivity index (χ1n) is 8.97. The molecule has 3 aromatic heterocycles. The zero-order valence-corrected chi connectivity index (χ0v) is 16.5. The highest BCUT2D eigenvalue weighted by atomic mass is 35.5. The van der Waals surface area contributed by atoms with Gasteiger partial charge in [-0.05, 0) is 36.4 Å². The van der Waals surface area contributed by atoms with Crippen molar-refractivity contribution in [3.8, 4) is 23.1 Å². The fourth-order valence-electron chi connectivity index (χ4n) is 2.95. The summed E-state index contributed by atoms with van der Waals surface area (Å²) in [6.45, 7) is 0.303. The number of pyridine rings is 1. The lowest BCUT2D eigenvalue weighted by molar-refractivity contribution is 0.0663. The van der Waals surface area contributed by atoms with Crippen LogP contribution in [-0.2, 0) is 6.54 Å². The van der Waals surface area contributed by atoms with E-state index in [0.29, 0.717) is 21.9 Å². The van der Waals surface area contributed by atoms with Gasteiger partial charge in [0.2, 0.25) is 5.76 Å². The predicted molar refractivity (Wildman–Crippen MR) is 110 cm³/mol. The Morgan fingerprint density at radius 1 is 1.26 bits per heavy atom. The minimum atomic E-state index is -1.19. The predicted octanol–water partition coefficient (Wildman–Crippen LogP) is 3.35. The first-order chi connectivity index (χ1) is 15.0. The number of nitriles is 1. The molecule has 9 nitrogen and oxygen atoms in total. The molecule has 154 valence electrons. The van der Waals surface area contributed by atoms with Crippen LogP contribution in [0.2, 0.25) is 5.02 Å². The van der Waals surface area contributed by atoms with Gasteiger partial charge in [0.05, 0.1) is 35.5 Å². The molecule has 0 spiro atoms. The van der Waals surface area contributed by atoms with Gasteiger partial charge in [0.1, 0.15) is 29.9 Å². The Hall–Kier alpha value is -4.16. The molecule has 0 bridgehead atoms. The lowest BCUT2D eigenvalue weighted by atomic mass is 10.1. The number of aromatic nitrogens is 3. The Morgan fingerprint density at radius 3 is 2.84 bits per heavy atom. The third kappa shape index (κ3) is 4.10. The average molecular weight is 437 g/mol. The second kappa shape index (κ2) is 8.30. The second-order valence-corrected chi connectivity index (χ2v) is 6.84. The molecule has 0 unspecified atom stereocenters. The highest BCUT2D eigenvalue weighted by molar-refractivity contribution is 6.30. The van der Waals surface area contributed by atoms with Crippen molar-refractivity contribution in [2.24, 2.45) is 0 Å². The summed E-state index contributed by atoms with van der Waals surface area (Å²) in [6, 6.07) is 11.0. The maximum absolute atomic E-state index is 12.7. The van der Waals surface area contributed by atoms with Crippen LogP contribution < -0.4 is 10.3 Å². The SMILES string of the molecule is N#Cc1cc2c(=O)n(CCOc3ccc(Cl)cc3-c3ccc(C(=O)O)o3)cnc2cn1. The Labute approximate surface area is 179 Å². The van der Waals surface area contributed by atoms with E-state index < -0.39 is 5.97 Å². The fraction of sp³-hybridized carbons (Fsp3) is 0.0952. The summed E-state index contributed by atoms with van der Waals surface area (Å²) >= 11 is 6.07. The summed E-state index contributed by atoms with van der Waals surface area (Å²) in [5, 5.41) is 18.8. The van der Waals surface area contributed by atoms with Crippen LogP contribution in [0.5, 0.6) is 5.75 Å². The van der Waals surface area contributed by atoms with E-state index in [4.69, 9.17) is 31.1 Å². The number of hydrogen-bond acceptors (Lipinski definition) is 7. The zero-order valence-electron chi connectivity index (χ0n) is 15.8. The van der Waals surface area contributed by atoms with Crippen LogP contribution >= 0.6 is 11.6 Å². The molecule has 0 aliphatic rings. The van der Waals surface area contributed by atoms with Crippen molar-refractivity contribution in [3.05, 3.63) is 75.8 Å². The van der Waals surface area contributed by atoms with Gasteiger partial charge in [0, 0.05) is 5.02 Å². The van der Waals surface area contributed by atoms with Crippen LogP contribution in [0.4, 0.5) is 0 Å². The highest BCUT2D eigenvalue weighted by Crippen LogP contribution is 2.34. The standard InChI is InChI=1S/C21H13ClN4O5/c22-12-1-2-17(15(7-12)18-3-4-19(31-18)21(28)29)30-6-5-26-11-25-16-10-24-13(9-23)8-14(16)20(26)27/h1-4,7-8,10-11H,5-6H2,(H,28,29). The van der Waals surface area contributed by atoms with Gasteiger partial charge >= 0.3 is 5.97 Å². The molecule has 0 aliphatic carbocycles. The number of carboxylic acids is 1. The molecule has 0 saturated heterocycles. The van der Waals surface area contributed by atoms with Crippen molar-refractivity contribution in [2.75, 3.05) is 6.61 Å². The maximum Gasteiger partial charge on any atom is 0.371 e. The number of carboxylic acid groups (broad SMARTS) is 1. The molecule has 0 amide bonds. The molecule has 0 radical (unpaired) electrons. The Kier molecular flexibility index (Phi) is 5.39. The number of ether oxygens (including phenoxy) is 1. The van der Waals surface area contributed by atoms with Crippen molar-refractivity contribution in [1.29, 1.82) is 5.26 Å². The topological polar surface area (TPSA) is 131 Å². The van der Waals surface area contributed by atoms with Crippen molar-refractivity contribution in [1.82, 2.24) is 14.5 Å². The number of halogens is 1. The lowest BCUT2D eigenvalue weighted by Gasteiger charge is -2.12. The van der Waals surface area contributed by atoms with Gasteiger partial charge in [0.15, 0.2) is 0 Å². The Morgan fingerprint density at radius 2 is 2.10 bits per heavy atom. The maximum atomic E-state index is 12.7. The number of fused-ring (bicyclic) bond motifs is 1. The molecule has 0 atom stereocenters. The minimum absolute atomic E-state index is 0.115. The molecule has 31 heavy (non-hydrogen) atoms. The Bertz CT molecular complexity index is 1400. The molecule has 1 N–H and O–H groups in total. The lowest BCUT2D eigenvalue weighted by Crippen LogP contribution is -2.23. The Balaban J connectivity index is 1.56. The number of furan rings is 1. The van der Waals surface area contributed by atoms with Crippen LogP contribution in [0.1, 0.15) is 16.2 Å². The number of aromatic carboxylic acids is 1. The van der Waals surface area contributed by atoms with E-state index in [1.807, 2.05) is 6.07 Å². The normalized spacial score (nSPS) is 10.7. The van der Waals surface area contributed by atoms with E-state index in [0.717, 1.165) is 0 Å². The molecule has 3 heterocycles. The van der Waals surface area contributed by atoms with Crippen LogP contribution in [0.25, 0.3) is 22.2 Å². The molecular formula is C21H13ClN4O5. The van der Waals surface area contributed by atoms with Crippen LogP contribution in [-0.4, -0.2) is 32.2 Å². The fourth-order valence-corrected chi connectivity index (χ4v) is 3.13. The molecule has 0 saturated carbocycles. The minimum Gasteiger partial charge on any atom is -0.491 e. The van der Waals surface area contributed by atoms with Crippen molar-refractivity contribution in [2.45, 2.75) is 6.54 Å². The highest BCUT2D eigenvalue weighted by Gasteiger charge is 2.15. The van der Waals surface area contributed by atoms with Gasteiger partial charge in [-0.25, -0.2) is 14.8 Å². The molecule has 0 aliphatic heterocycles. The summed E-state index contributed by atoms with van der Waals surface area (Å²) in [4.78, 5) is 31.9. The van der Waals surface area contributed by atoms with Crippen molar-refractivity contribution in [3.63, 3.8) is 0 Å². The van der Waals surface area contributed by atoms with Gasteiger partial charge in [-0.3, -0.25) is 9.36 Å². The monoisotopic (exact) mass is 436 g/mol. The van der Waals surface area contributed by atoms with Gasteiger partial charge in [0.25, 0.3) is 5.56 Å². The smallest absolute Gasteiger partial charge is 0.371 e. The summed E-state index contributed by atoms with van der Waals surface area (Å²) in [7, 11) is 0. The van der Waals surface area contributed by atoms with Crippen molar-refractivity contribution >= 4 is 28.5 Å². The summed E-state index contributed by atoms with van der Waals surface area (Å²) in [6.07, 6.45) is 2.76. The van der Waals surface area contributed by atoms with E-state index in [9.17, 15) is 9.59 Å². The number of rotatable bonds is 6. The molecule has 10 heteroatoms. The third-order valence-corrected chi connectivity index (χ3v) is 4.67. The van der Waals surface area contributed by atoms with Gasteiger partial charge < -0.3 is 14.3 Å². The molecular weight excluding hydrogens is 424 g/mol.